The zero-order chi connectivity index (χ0) is 14.5. The molecule has 2 heterocycles. The number of nitrogens with zero attached hydrogens (tertiary/aromatic N) is 3. The van der Waals surface area contributed by atoms with Crippen LogP contribution in [0, 0.1) is 0 Å². The van der Waals surface area contributed by atoms with Gasteiger partial charge in [0.25, 0.3) is 0 Å². The van der Waals surface area contributed by atoms with E-state index in [1.165, 1.54) is 20.4 Å². The van der Waals surface area contributed by atoms with Crippen LogP contribution in [-0.2, 0) is 11.2 Å². The molecule has 2 aromatic heterocycles. The Morgan fingerprint density at radius 1 is 1.50 bits per heavy atom. The average Bonchev–Trinajstić information content (AvgIpc) is 3.07. The zero-order valence-corrected chi connectivity index (χ0v) is 11.8. The fraction of sp³-hybridized carbons (Fsp3) is 0.364. The summed E-state index contributed by atoms with van der Waals surface area (Å²) in [5, 5.41) is 10.0. The third kappa shape index (κ3) is 3.18. The Labute approximate surface area is 118 Å². The van der Waals surface area contributed by atoms with Crippen LogP contribution in [0.4, 0.5) is 5.13 Å². The first-order valence-corrected chi connectivity index (χ1v) is 6.61. The molecular formula is C11H13N5O3S. The van der Waals surface area contributed by atoms with E-state index >= 15 is 0 Å². The first-order chi connectivity index (χ1) is 9.61. The second-order valence-corrected chi connectivity index (χ2v) is 4.85. The number of carbonyl (C=O) groups excluding carboxylic acids is 2. The van der Waals surface area contributed by atoms with Gasteiger partial charge in [0.05, 0.1) is 7.11 Å². The van der Waals surface area contributed by atoms with Crippen molar-refractivity contribution in [3.05, 3.63) is 22.7 Å². The molecule has 0 aliphatic rings. The number of aromatic nitrogens is 4. The molecule has 0 bridgehead atoms. The Morgan fingerprint density at radius 3 is 2.90 bits per heavy atom. The molecule has 0 aliphatic carbocycles. The van der Waals surface area contributed by atoms with Gasteiger partial charge < -0.3 is 10.1 Å². The molecule has 8 nitrogen and oxygen atoms in total. The molecule has 2 aromatic rings. The van der Waals surface area contributed by atoms with Crippen LogP contribution in [0.25, 0.3) is 0 Å². The molecule has 20 heavy (non-hydrogen) atoms. The number of ether oxygens (including phenoxy) is 1. The standard InChI is InChI=1S/C11H13N5O3S/c1-6(17)9-8(10(18)19-2)15-11(20-9)12-4-3-7-13-5-14-16-7/h5H,3-4H2,1-2H3,(H,12,15)(H,13,14,16). The normalized spacial score (nSPS) is 10.3. The summed E-state index contributed by atoms with van der Waals surface area (Å²) in [6.07, 6.45) is 2.06. The largest absolute Gasteiger partial charge is 0.464 e. The number of anilines is 1. The molecule has 0 amide bonds. The second kappa shape index (κ2) is 6.24. The van der Waals surface area contributed by atoms with Crippen molar-refractivity contribution >= 4 is 28.2 Å². The molecule has 9 heteroatoms. The molecule has 0 aromatic carbocycles. The van der Waals surface area contributed by atoms with E-state index in [0.29, 0.717) is 23.0 Å². The SMILES string of the molecule is COC(=O)c1nc(NCCc2ncn[nH]2)sc1C(C)=O. The lowest BCUT2D eigenvalue weighted by Crippen LogP contribution is -2.08. The van der Waals surface area contributed by atoms with E-state index in [1.54, 1.807) is 0 Å². The third-order valence-electron chi connectivity index (χ3n) is 2.43. The summed E-state index contributed by atoms with van der Waals surface area (Å²) in [6.45, 7) is 1.94. The van der Waals surface area contributed by atoms with Crippen molar-refractivity contribution in [2.24, 2.45) is 0 Å². The summed E-state index contributed by atoms with van der Waals surface area (Å²) in [5.74, 6) is -0.0880. The van der Waals surface area contributed by atoms with Crippen molar-refractivity contribution < 1.29 is 14.3 Å². The Kier molecular flexibility index (Phi) is 4.41. The lowest BCUT2D eigenvalue weighted by atomic mass is 10.3. The van der Waals surface area contributed by atoms with Gasteiger partial charge in [-0.1, -0.05) is 11.3 Å². The van der Waals surface area contributed by atoms with Crippen LogP contribution in [0.2, 0.25) is 0 Å². The van der Waals surface area contributed by atoms with E-state index in [9.17, 15) is 9.59 Å². The molecule has 0 unspecified atom stereocenters. The average molecular weight is 295 g/mol. The van der Waals surface area contributed by atoms with Crippen LogP contribution >= 0.6 is 11.3 Å². The monoisotopic (exact) mass is 295 g/mol. The molecule has 106 valence electrons. The number of thiazole rings is 1. The number of methoxy groups -OCH3 is 1. The fourth-order valence-corrected chi connectivity index (χ4v) is 2.38. The van der Waals surface area contributed by atoms with E-state index in [0.717, 1.165) is 17.2 Å². The van der Waals surface area contributed by atoms with Gasteiger partial charge in [0.1, 0.15) is 17.0 Å². The molecule has 0 radical (unpaired) electrons. The third-order valence-corrected chi connectivity index (χ3v) is 3.54. The second-order valence-electron chi connectivity index (χ2n) is 3.85. The van der Waals surface area contributed by atoms with Crippen molar-refractivity contribution in [3.8, 4) is 0 Å². The quantitative estimate of drug-likeness (QED) is 0.602. The Morgan fingerprint density at radius 2 is 2.30 bits per heavy atom. The highest BCUT2D eigenvalue weighted by Crippen LogP contribution is 2.24. The van der Waals surface area contributed by atoms with Crippen molar-refractivity contribution in [1.82, 2.24) is 20.2 Å². The van der Waals surface area contributed by atoms with Gasteiger partial charge >= 0.3 is 5.97 Å². The smallest absolute Gasteiger partial charge is 0.358 e. The van der Waals surface area contributed by atoms with Crippen LogP contribution in [0.15, 0.2) is 6.33 Å². The highest BCUT2D eigenvalue weighted by Gasteiger charge is 2.21. The Bertz CT molecular complexity index is 608. The van der Waals surface area contributed by atoms with Gasteiger partial charge in [0.15, 0.2) is 16.6 Å². The van der Waals surface area contributed by atoms with Gasteiger partial charge in [0.2, 0.25) is 0 Å². The summed E-state index contributed by atoms with van der Waals surface area (Å²) in [4.78, 5) is 31.4. The summed E-state index contributed by atoms with van der Waals surface area (Å²) in [5.41, 5.74) is 0.0483. The first kappa shape index (κ1) is 14.1. The topological polar surface area (TPSA) is 110 Å². The highest BCUT2D eigenvalue weighted by atomic mass is 32.1. The number of rotatable bonds is 6. The molecule has 2 N–H and O–H groups in total. The van der Waals surface area contributed by atoms with Gasteiger partial charge in [-0.2, -0.15) is 5.10 Å². The van der Waals surface area contributed by atoms with Gasteiger partial charge in [0, 0.05) is 19.9 Å². The van der Waals surface area contributed by atoms with Gasteiger partial charge in [-0.15, -0.1) is 0 Å². The first-order valence-electron chi connectivity index (χ1n) is 5.80. The van der Waals surface area contributed by atoms with Gasteiger partial charge in [-0.3, -0.25) is 9.89 Å². The number of esters is 1. The van der Waals surface area contributed by atoms with Crippen molar-refractivity contribution in [1.29, 1.82) is 0 Å². The predicted octanol–water partition coefficient (Wildman–Crippen LogP) is 0.905. The molecular weight excluding hydrogens is 282 g/mol. The van der Waals surface area contributed by atoms with E-state index in [4.69, 9.17) is 0 Å². The lowest BCUT2D eigenvalue weighted by Gasteiger charge is -1.99. The summed E-state index contributed by atoms with van der Waals surface area (Å²) < 4.78 is 4.61. The van der Waals surface area contributed by atoms with Crippen LogP contribution in [-0.4, -0.2) is 45.6 Å². The molecule has 0 spiro atoms. The van der Waals surface area contributed by atoms with E-state index in [1.807, 2.05) is 0 Å². The molecule has 0 atom stereocenters. The minimum atomic E-state index is -0.616. The maximum Gasteiger partial charge on any atom is 0.358 e. The van der Waals surface area contributed by atoms with E-state index in [2.05, 4.69) is 30.2 Å². The zero-order valence-electron chi connectivity index (χ0n) is 11.0. The summed E-state index contributed by atoms with van der Waals surface area (Å²) in [7, 11) is 1.25. The van der Waals surface area contributed by atoms with Crippen molar-refractivity contribution in [2.75, 3.05) is 19.0 Å². The maximum atomic E-state index is 11.5. The number of carbonyl (C=O) groups is 2. The number of aromatic amines is 1. The molecule has 0 saturated heterocycles. The Balaban J connectivity index is 2.04. The number of H-pyrrole nitrogens is 1. The lowest BCUT2D eigenvalue weighted by molar-refractivity contribution is 0.0591. The van der Waals surface area contributed by atoms with E-state index in [-0.39, 0.29) is 11.5 Å². The molecule has 0 aliphatic heterocycles. The van der Waals surface area contributed by atoms with Crippen LogP contribution in [0.3, 0.4) is 0 Å². The summed E-state index contributed by atoms with van der Waals surface area (Å²) in [6, 6.07) is 0. The predicted molar refractivity (Wildman–Crippen MR) is 72.0 cm³/mol. The van der Waals surface area contributed by atoms with Crippen LogP contribution < -0.4 is 5.32 Å². The Hall–Kier alpha value is -2.29. The molecule has 0 fully saturated rings. The van der Waals surface area contributed by atoms with Gasteiger partial charge in [-0.25, -0.2) is 14.8 Å². The van der Waals surface area contributed by atoms with E-state index < -0.39 is 5.97 Å². The molecule has 0 saturated carbocycles. The number of hydrogen-bond acceptors (Lipinski definition) is 8. The number of ketones is 1. The number of Topliss-reactive ketones (excluding diaryl/α,β-unsaturated/α-hetero) is 1. The minimum Gasteiger partial charge on any atom is -0.464 e. The molecule has 2 rings (SSSR count). The van der Waals surface area contributed by atoms with Crippen LogP contribution in [0.1, 0.15) is 32.9 Å². The number of hydrogen-bond donors (Lipinski definition) is 2. The van der Waals surface area contributed by atoms with Crippen LogP contribution in [0.5, 0.6) is 0 Å². The summed E-state index contributed by atoms with van der Waals surface area (Å²) >= 11 is 1.13. The highest BCUT2D eigenvalue weighted by molar-refractivity contribution is 7.17. The van der Waals surface area contributed by atoms with Crippen molar-refractivity contribution in [3.63, 3.8) is 0 Å². The van der Waals surface area contributed by atoms with Gasteiger partial charge in [-0.05, 0) is 0 Å². The van der Waals surface area contributed by atoms with Crippen molar-refractivity contribution in [2.45, 2.75) is 13.3 Å². The minimum absolute atomic E-state index is 0.0483. The maximum absolute atomic E-state index is 11.5. The fourth-order valence-electron chi connectivity index (χ4n) is 1.51. The number of nitrogens with one attached hydrogen (secondary N) is 2.